The highest BCUT2D eigenvalue weighted by Gasteiger charge is 2.11. The van der Waals surface area contributed by atoms with Gasteiger partial charge in [-0.15, -0.1) is 0 Å². The van der Waals surface area contributed by atoms with Gasteiger partial charge in [-0.3, -0.25) is 4.98 Å². The third-order valence-corrected chi connectivity index (χ3v) is 3.08. The summed E-state index contributed by atoms with van der Waals surface area (Å²) in [4.78, 5) is 6.42. The third kappa shape index (κ3) is 2.87. The first kappa shape index (κ1) is 11.7. The van der Waals surface area contributed by atoms with E-state index in [0.29, 0.717) is 5.69 Å². The molecule has 0 aliphatic carbocycles. The standard InChI is InChI=1S/C12H18N4O/c13-12(15-17)11-9-10(5-6-14-11)16-7-3-1-2-4-8-16/h5-6,9,17H,1-4,7-8H2,(H2,13,15). The number of pyridine rings is 1. The van der Waals surface area contributed by atoms with Crippen LogP contribution in [-0.2, 0) is 0 Å². The number of rotatable bonds is 2. The van der Waals surface area contributed by atoms with Gasteiger partial charge in [0.05, 0.1) is 0 Å². The summed E-state index contributed by atoms with van der Waals surface area (Å²) in [5.41, 5.74) is 7.17. The average Bonchev–Trinajstić information content (AvgIpc) is 2.67. The molecule has 0 aromatic carbocycles. The van der Waals surface area contributed by atoms with Crippen LogP contribution in [0.2, 0.25) is 0 Å². The largest absolute Gasteiger partial charge is 0.409 e. The average molecular weight is 234 g/mol. The number of nitrogens with two attached hydrogens (primary N) is 1. The fourth-order valence-electron chi connectivity index (χ4n) is 2.14. The number of aromatic nitrogens is 1. The Morgan fingerprint density at radius 3 is 2.65 bits per heavy atom. The lowest BCUT2D eigenvalue weighted by molar-refractivity contribution is 0.318. The quantitative estimate of drug-likeness (QED) is 0.352. The van der Waals surface area contributed by atoms with E-state index in [-0.39, 0.29) is 5.84 Å². The minimum absolute atomic E-state index is 0.0571. The Kier molecular flexibility index (Phi) is 3.80. The van der Waals surface area contributed by atoms with E-state index >= 15 is 0 Å². The molecule has 2 rings (SSSR count). The second kappa shape index (κ2) is 5.52. The predicted molar refractivity (Wildman–Crippen MR) is 67.4 cm³/mol. The number of oxime groups is 1. The molecular weight excluding hydrogens is 216 g/mol. The van der Waals surface area contributed by atoms with Gasteiger partial charge in [-0.25, -0.2) is 0 Å². The number of anilines is 1. The molecule has 2 heterocycles. The topological polar surface area (TPSA) is 74.7 Å². The van der Waals surface area contributed by atoms with Crippen LogP contribution in [0.15, 0.2) is 23.5 Å². The highest BCUT2D eigenvalue weighted by Crippen LogP contribution is 2.19. The lowest BCUT2D eigenvalue weighted by Crippen LogP contribution is -2.24. The second-order valence-electron chi connectivity index (χ2n) is 4.29. The van der Waals surface area contributed by atoms with E-state index in [9.17, 15) is 0 Å². The molecule has 0 atom stereocenters. The Morgan fingerprint density at radius 1 is 1.29 bits per heavy atom. The highest BCUT2D eigenvalue weighted by molar-refractivity contribution is 5.95. The van der Waals surface area contributed by atoms with Gasteiger partial charge < -0.3 is 15.8 Å². The summed E-state index contributed by atoms with van der Waals surface area (Å²) >= 11 is 0. The molecule has 0 unspecified atom stereocenters. The Morgan fingerprint density at radius 2 is 2.00 bits per heavy atom. The lowest BCUT2D eigenvalue weighted by atomic mass is 10.2. The first-order valence-electron chi connectivity index (χ1n) is 6.00. The second-order valence-corrected chi connectivity index (χ2v) is 4.29. The van der Waals surface area contributed by atoms with Crippen molar-refractivity contribution in [2.75, 3.05) is 18.0 Å². The molecule has 1 aliphatic rings. The summed E-state index contributed by atoms with van der Waals surface area (Å²) in [6, 6.07) is 3.85. The summed E-state index contributed by atoms with van der Waals surface area (Å²) in [5, 5.41) is 11.6. The molecule has 92 valence electrons. The molecule has 17 heavy (non-hydrogen) atoms. The number of hydrogen-bond acceptors (Lipinski definition) is 4. The Bertz CT molecular complexity index is 397. The molecule has 0 radical (unpaired) electrons. The van der Waals surface area contributed by atoms with Crippen molar-refractivity contribution in [3.63, 3.8) is 0 Å². The van der Waals surface area contributed by atoms with Gasteiger partial charge in [0.25, 0.3) is 0 Å². The van der Waals surface area contributed by atoms with Crippen molar-refractivity contribution in [2.24, 2.45) is 10.9 Å². The van der Waals surface area contributed by atoms with E-state index in [1.165, 1.54) is 25.7 Å². The van der Waals surface area contributed by atoms with Gasteiger partial charge in [-0.05, 0) is 25.0 Å². The van der Waals surface area contributed by atoms with Crippen LogP contribution in [-0.4, -0.2) is 29.1 Å². The van der Waals surface area contributed by atoms with Crippen LogP contribution in [0, 0.1) is 0 Å². The number of nitrogens with zero attached hydrogens (tertiary/aromatic N) is 3. The van der Waals surface area contributed by atoms with Crippen LogP contribution < -0.4 is 10.6 Å². The molecule has 1 aromatic heterocycles. The highest BCUT2D eigenvalue weighted by atomic mass is 16.4. The zero-order valence-corrected chi connectivity index (χ0v) is 9.84. The van der Waals surface area contributed by atoms with Crippen molar-refractivity contribution in [3.8, 4) is 0 Å². The van der Waals surface area contributed by atoms with Gasteiger partial charge in [0, 0.05) is 25.0 Å². The Balaban J connectivity index is 2.19. The van der Waals surface area contributed by atoms with Gasteiger partial charge in [0.1, 0.15) is 5.69 Å². The van der Waals surface area contributed by atoms with Gasteiger partial charge >= 0.3 is 0 Å². The summed E-state index contributed by atoms with van der Waals surface area (Å²) in [6.45, 7) is 2.14. The molecule has 5 heteroatoms. The molecule has 1 fully saturated rings. The van der Waals surface area contributed by atoms with E-state index < -0.39 is 0 Å². The summed E-state index contributed by atoms with van der Waals surface area (Å²) < 4.78 is 0. The van der Waals surface area contributed by atoms with Crippen LogP contribution in [0.1, 0.15) is 31.4 Å². The van der Waals surface area contributed by atoms with Crippen LogP contribution in [0.3, 0.4) is 0 Å². The fourth-order valence-corrected chi connectivity index (χ4v) is 2.14. The van der Waals surface area contributed by atoms with Gasteiger partial charge in [-0.2, -0.15) is 0 Å². The van der Waals surface area contributed by atoms with Crippen LogP contribution in [0.25, 0.3) is 0 Å². The molecule has 3 N–H and O–H groups in total. The van der Waals surface area contributed by atoms with Crippen LogP contribution in [0.5, 0.6) is 0 Å². The third-order valence-electron chi connectivity index (χ3n) is 3.08. The minimum atomic E-state index is 0.0571. The summed E-state index contributed by atoms with van der Waals surface area (Å²) in [6.07, 6.45) is 6.75. The number of hydrogen-bond donors (Lipinski definition) is 2. The Labute approximate surface area is 101 Å². The molecule has 0 amide bonds. The number of amidine groups is 1. The first-order chi connectivity index (χ1) is 8.31. The molecule has 1 saturated heterocycles. The van der Waals surface area contributed by atoms with Gasteiger partial charge in [-0.1, -0.05) is 18.0 Å². The van der Waals surface area contributed by atoms with Crippen molar-refractivity contribution < 1.29 is 5.21 Å². The SMILES string of the molecule is NC(=NO)c1cc(N2CCCCCC2)ccn1. The fraction of sp³-hybridized carbons (Fsp3) is 0.500. The van der Waals surface area contributed by atoms with Crippen molar-refractivity contribution in [1.82, 2.24) is 4.98 Å². The van der Waals surface area contributed by atoms with Crippen molar-refractivity contribution in [2.45, 2.75) is 25.7 Å². The molecule has 0 bridgehead atoms. The van der Waals surface area contributed by atoms with Crippen molar-refractivity contribution >= 4 is 11.5 Å². The van der Waals surface area contributed by atoms with E-state index in [0.717, 1.165) is 18.8 Å². The van der Waals surface area contributed by atoms with E-state index in [1.807, 2.05) is 12.1 Å². The monoisotopic (exact) mass is 234 g/mol. The maximum Gasteiger partial charge on any atom is 0.188 e. The first-order valence-corrected chi connectivity index (χ1v) is 6.00. The van der Waals surface area contributed by atoms with Crippen LogP contribution in [0.4, 0.5) is 5.69 Å². The van der Waals surface area contributed by atoms with E-state index in [1.54, 1.807) is 6.20 Å². The summed E-state index contributed by atoms with van der Waals surface area (Å²) in [7, 11) is 0. The zero-order valence-electron chi connectivity index (χ0n) is 9.84. The molecular formula is C12H18N4O. The van der Waals surface area contributed by atoms with Crippen molar-refractivity contribution in [3.05, 3.63) is 24.0 Å². The molecule has 5 nitrogen and oxygen atoms in total. The maximum atomic E-state index is 8.64. The predicted octanol–water partition coefficient (Wildman–Crippen LogP) is 1.56. The minimum Gasteiger partial charge on any atom is -0.409 e. The molecule has 0 saturated carbocycles. The van der Waals surface area contributed by atoms with Gasteiger partial charge in [0.2, 0.25) is 0 Å². The van der Waals surface area contributed by atoms with Crippen LogP contribution >= 0.6 is 0 Å². The van der Waals surface area contributed by atoms with Crippen molar-refractivity contribution in [1.29, 1.82) is 0 Å². The van der Waals surface area contributed by atoms with E-state index in [2.05, 4.69) is 15.0 Å². The maximum absolute atomic E-state index is 8.64. The summed E-state index contributed by atoms with van der Waals surface area (Å²) in [5.74, 6) is 0.0571. The Hall–Kier alpha value is -1.78. The molecule has 0 spiro atoms. The zero-order chi connectivity index (χ0) is 12.1. The molecule has 1 aliphatic heterocycles. The van der Waals surface area contributed by atoms with E-state index in [4.69, 9.17) is 10.9 Å². The lowest BCUT2D eigenvalue weighted by Gasteiger charge is -2.22. The van der Waals surface area contributed by atoms with Gasteiger partial charge in [0.15, 0.2) is 5.84 Å². The molecule has 1 aromatic rings. The smallest absolute Gasteiger partial charge is 0.188 e. The normalized spacial score (nSPS) is 17.9.